The van der Waals surface area contributed by atoms with E-state index in [9.17, 15) is 9.59 Å². The molecular weight excluding hydrogens is 218 g/mol. The summed E-state index contributed by atoms with van der Waals surface area (Å²) >= 11 is 0. The Kier molecular flexibility index (Phi) is 3.89. The van der Waals surface area contributed by atoms with Crippen LogP contribution in [0.25, 0.3) is 0 Å². The Bertz CT molecular complexity index is 433. The summed E-state index contributed by atoms with van der Waals surface area (Å²) in [5.41, 5.74) is 1.44. The van der Waals surface area contributed by atoms with E-state index in [0.717, 1.165) is 11.8 Å². The Labute approximate surface area is 101 Å². The van der Waals surface area contributed by atoms with Gasteiger partial charge in [-0.2, -0.15) is 0 Å². The van der Waals surface area contributed by atoms with Crippen LogP contribution in [0.5, 0.6) is 0 Å². The largest absolute Gasteiger partial charge is 0.444 e. The lowest BCUT2D eigenvalue weighted by molar-refractivity contribution is 0.0635. The van der Waals surface area contributed by atoms with E-state index < -0.39 is 11.7 Å². The quantitative estimate of drug-likeness (QED) is 0.801. The minimum Gasteiger partial charge on any atom is -0.444 e. The number of carbonyl (C=O) groups excluding carboxylic acids is 2. The van der Waals surface area contributed by atoms with E-state index in [2.05, 4.69) is 5.32 Å². The van der Waals surface area contributed by atoms with Crippen molar-refractivity contribution in [3.8, 4) is 0 Å². The molecule has 4 nitrogen and oxygen atoms in total. The van der Waals surface area contributed by atoms with Gasteiger partial charge < -0.3 is 4.74 Å². The summed E-state index contributed by atoms with van der Waals surface area (Å²) in [5.74, 6) is 0. The predicted molar refractivity (Wildman–Crippen MR) is 66.4 cm³/mol. The third-order valence-electron chi connectivity index (χ3n) is 1.88. The van der Waals surface area contributed by atoms with Crippen LogP contribution in [0.1, 0.15) is 36.7 Å². The number of aryl methyl sites for hydroxylation is 1. The molecule has 0 spiro atoms. The molecule has 0 fully saturated rings. The summed E-state index contributed by atoms with van der Waals surface area (Å²) in [4.78, 5) is 22.2. The van der Waals surface area contributed by atoms with Crippen LogP contribution in [-0.4, -0.2) is 18.0 Å². The van der Waals surface area contributed by atoms with Crippen LogP contribution in [0.4, 0.5) is 10.5 Å². The van der Waals surface area contributed by atoms with Crippen molar-refractivity contribution in [2.45, 2.75) is 33.3 Å². The van der Waals surface area contributed by atoms with Crippen LogP contribution >= 0.6 is 0 Å². The first-order chi connectivity index (χ1) is 7.80. The smallest absolute Gasteiger partial charge is 0.412 e. The molecule has 1 aromatic carbocycles. The van der Waals surface area contributed by atoms with Crippen LogP contribution in [-0.2, 0) is 4.74 Å². The first-order valence-corrected chi connectivity index (χ1v) is 5.37. The van der Waals surface area contributed by atoms with Crippen molar-refractivity contribution >= 4 is 18.1 Å². The molecule has 4 heteroatoms. The molecule has 1 N–H and O–H groups in total. The van der Waals surface area contributed by atoms with E-state index in [1.807, 2.05) is 6.92 Å². The second kappa shape index (κ2) is 4.99. The highest BCUT2D eigenvalue weighted by Crippen LogP contribution is 2.15. The normalized spacial score (nSPS) is 10.8. The number of hydrogen-bond donors (Lipinski definition) is 1. The molecule has 0 aliphatic rings. The SMILES string of the molecule is Cc1cc(C=O)cc(NC(=O)OC(C)(C)C)c1. The van der Waals surface area contributed by atoms with Gasteiger partial charge in [0.2, 0.25) is 0 Å². The minimum atomic E-state index is -0.540. The standard InChI is InChI=1S/C13H17NO3/c1-9-5-10(8-15)7-11(6-9)14-12(16)17-13(2,3)4/h5-8H,1-4H3,(H,14,16). The van der Waals surface area contributed by atoms with Crippen LogP contribution in [0.15, 0.2) is 18.2 Å². The number of anilines is 1. The molecule has 0 aliphatic heterocycles. The fourth-order valence-electron chi connectivity index (χ4n) is 1.37. The van der Waals surface area contributed by atoms with Crippen LogP contribution in [0, 0.1) is 6.92 Å². The van der Waals surface area contributed by atoms with Gasteiger partial charge in [-0.1, -0.05) is 0 Å². The van der Waals surface area contributed by atoms with E-state index in [1.165, 1.54) is 0 Å². The van der Waals surface area contributed by atoms with Gasteiger partial charge in [-0.25, -0.2) is 4.79 Å². The molecule has 0 bridgehead atoms. The van der Waals surface area contributed by atoms with Crippen molar-refractivity contribution in [1.82, 2.24) is 0 Å². The number of nitrogens with one attached hydrogen (secondary N) is 1. The molecular formula is C13H17NO3. The first-order valence-electron chi connectivity index (χ1n) is 5.37. The van der Waals surface area contributed by atoms with Gasteiger partial charge in [0.1, 0.15) is 11.9 Å². The number of benzene rings is 1. The average Bonchev–Trinajstić information content (AvgIpc) is 2.13. The fourth-order valence-corrected chi connectivity index (χ4v) is 1.37. The Balaban J connectivity index is 2.78. The molecule has 0 heterocycles. The lowest BCUT2D eigenvalue weighted by Gasteiger charge is -2.19. The van der Waals surface area contributed by atoms with Crippen molar-refractivity contribution < 1.29 is 14.3 Å². The number of amides is 1. The first kappa shape index (κ1) is 13.2. The molecule has 0 aliphatic carbocycles. The molecule has 0 saturated heterocycles. The second-order valence-electron chi connectivity index (χ2n) is 4.88. The van der Waals surface area contributed by atoms with Gasteiger partial charge in [0, 0.05) is 11.3 Å². The number of aldehydes is 1. The molecule has 1 aromatic rings. The molecule has 0 saturated carbocycles. The van der Waals surface area contributed by atoms with Crippen molar-refractivity contribution in [2.75, 3.05) is 5.32 Å². The molecule has 17 heavy (non-hydrogen) atoms. The van der Waals surface area contributed by atoms with E-state index in [4.69, 9.17) is 4.74 Å². The number of carbonyl (C=O) groups is 2. The van der Waals surface area contributed by atoms with Gasteiger partial charge in [-0.05, 0) is 51.5 Å². The maximum absolute atomic E-state index is 11.5. The average molecular weight is 235 g/mol. The Morgan fingerprint density at radius 3 is 2.47 bits per heavy atom. The van der Waals surface area contributed by atoms with Gasteiger partial charge in [-0.3, -0.25) is 10.1 Å². The van der Waals surface area contributed by atoms with Crippen LogP contribution < -0.4 is 5.32 Å². The van der Waals surface area contributed by atoms with E-state index in [0.29, 0.717) is 11.3 Å². The highest BCUT2D eigenvalue weighted by molar-refractivity contribution is 5.87. The van der Waals surface area contributed by atoms with Gasteiger partial charge in [0.05, 0.1) is 0 Å². The number of ether oxygens (including phenoxy) is 1. The molecule has 0 atom stereocenters. The summed E-state index contributed by atoms with van der Waals surface area (Å²) < 4.78 is 5.12. The van der Waals surface area contributed by atoms with E-state index in [-0.39, 0.29) is 0 Å². The second-order valence-corrected chi connectivity index (χ2v) is 4.88. The summed E-state index contributed by atoms with van der Waals surface area (Å²) in [6, 6.07) is 5.12. The lowest BCUT2D eigenvalue weighted by Crippen LogP contribution is -2.27. The Hall–Kier alpha value is -1.84. The van der Waals surface area contributed by atoms with Gasteiger partial charge in [0.15, 0.2) is 0 Å². The van der Waals surface area contributed by atoms with Crippen molar-refractivity contribution in [3.63, 3.8) is 0 Å². The maximum Gasteiger partial charge on any atom is 0.412 e. The predicted octanol–water partition coefficient (Wildman–Crippen LogP) is 3.15. The van der Waals surface area contributed by atoms with Crippen molar-refractivity contribution in [3.05, 3.63) is 29.3 Å². The summed E-state index contributed by atoms with van der Waals surface area (Å²) in [7, 11) is 0. The van der Waals surface area contributed by atoms with E-state index in [1.54, 1.807) is 39.0 Å². The topological polar surface area (TPSA) is 55.4 Å². The minimum absolute atomic E-state index is 0.524. The zero-order chi connectivity index (χ0) is 13.1. The van der Waals surface area contributed by atoms with Crippen LogP contribution in [0.3, 0.4) is 0 Å². The summed E-state index contributed by atoms with van der Waals surface area (Å²) in [6.45, 7) is 7.23. The zero-order valence-corrected chi connectivity index (χ0v) is 10.5. The van der Waals surface area contributed by atoms with Crippen molar-refractivity contribution in [2.24, 2.45) is 0 Å². The number of hydrogen-bond acceptors (Lipinski definition) is 3. The third-order valence-corrected chi connectivity index (χ3v) is 1.88. The molecule has 0 aromatic heterocycles. The van der Waals surface area contributed by atoms with Crippen molar-refractivity contribution in [1.29, 1.82) is 0 Å². The highest BCUT2D eigenvalue weighted by Gasteiger charge is 2.16. The summed E-state index contributed by atoms with van der Waals surface area (Å²) in [6.07, 6.45) is 0.215. The van der Waals surface area contributed by atoms with Crippen LogP contribution in [0.2, 0.25) is 0 Å². The fraction of sp³-hybridized carbons (Fsp3) is 0.385. The lowest BCUT2D eigenvalue weighted by atomic mass is 10.1. The molecule has 92 valence electrons. The molecule has 1 rings (SSSR count). The Morgan fingerprint density at radius 2 is 1.94 bits per heavy atom. The highest BCUT2D eigenvalue weighted by atomic mass is 16.6. The third kappa shape index (κ3) is 4.68. The van der Waals surface area contributed by atoms with Gasteiger partial charge in [-0.15, -0.1) is 0 Å². The summed E-state index contributed by atoms with van der Waals surface area (Å²) in [5, 5.41) is 2.59. The zero-order valence-electron chi connectivity index (χ0n) is 10.5. The Morgan fingerprint density at radius 1 is 1.29 bits per heavy atom. The van der Waals surface area contributed by atoms with Gasteiger partial charge in [0.25, 0.3) is 0 Å². The molecule has 0 radical (unpaired) electrons. The monoisotopic (exact) mass is 235 g/mol. The maximum atomic E-state index is 11.5. The number of rotatable bonds is 2. The molecule has 1 amide bonds. The molecule has 0 unspecified atom stereocenters. The van der Waals surface area contributed by atoms with E-state index >= 15 is 0 Å². The van der Waals surface area contributed by atoms with Gasteiger partial charge >= 0.3 is 6.09 Å².